The zero-order valence-corrected chi connectivity index (χ0v) is 8.95. The van der Waals surface area contributed by atoms with Gasteiger partial charge in [0.05, 0.1) is 12.5 Å². The van der Waals surface area contributed by atoms with Gasteiger partial charge in [0.25, 0.3) is 0 Å². The van der Waals surface area contributed by atoms with Crippen LogP contribution in [0.15, 0.2) is 29.0 Å². The van der Waals surface area contributed by atoms with Gasteiger partial charge in [-0.25, -0.2) is 0 Å². The number of aromatic nitrogens is 2. The van der Waals surface area contributed by atoms with Crippen LogP contribution in [0.3, 0.4) is 0 Å². The summed E-state index contributed by atoms with van der Waals surface area (Å²) in [5.74, 6) is 0.827. The molecule has 0 unspecified atom stereocenters. The highest BCUT2D eigenvalue weighted by molar-refractivity contribution is 5.55. The molecule has 0 aliphatic rings. The van der Waals surface area contributed by atoms with Crippen molar-refractivity contribution in [3.63, 3.8) is 0 Å². The van der Waals surface area contributed by atoms with E-state index in [1.807, 2.05) is 18.3 Å². The first-order valence-corrected chi connectivity index (χ1v) is 5.07. The highest BCUT2D eigenvalue weighted by Gasteiger charge is 2.09. The molecule has 80 valence electrons. The topological polar surface area (TPSA) is 53.9 Å². The van der Waals surface area contributed by atoms with Crippen LogP contribution in [0.2, 0.25) is 0 Å². The highest BCUT2D eigenvalue weighted by atomic mass is 16.3. The molecular weight excluding hydrogens is 190 g/mol. The Morgan fingerprint density at radius 3 is 3.07 bits per heavy atom. The normalized spacial score (nSPS) is 11.1. The molecule has 2 aromatic heterocycles. The Bertz CT molecular complexity index is 403. The van der Waals surface area contributed by atoms with Crippen molar-refractivity contribution in [1.82, 2.24) is 15.5 Å². The molecule has 0 radical (unpaired) electrons. The van der Waals surface area contributed by atoms with Crippen molar-refractivity contribution in [1.29, 1.82) is 0 Å². The summed E-state index contributed by atoms with van der Waals surface area (Å²) in [6.07, 6.45) is 3.49. The van der Waals surface area contributed by atoms with Gasteiger partial charge in [-0.3, -0.25) is 5.10 Å². The molecule has 0 atom stereocenters. The lowest BCUT2D eigenvalue weighted by Gasteiger charge is -2.06. The molecule has 0 amide bonds. The minimum Gasteiger partial charge on any atom is -0.463 e. The number of nitrogens with zero attached hydrogens (tertiary/aromatic N) is 1. The number of furan rings is 1. The van der Waals surface area contributed by atoms with Crippen molar-refractivity contribution in [2.24, 2.45) is 0 Å². The summed E-state index contributed by atoms with van der Waals surface area (Å²) in [6, 6.07) is 4.26. The Balaban J connectivity index is 2.16. The molecule has 0 bridgehead atoms. The van der Waals surface area contributed by atoms with E-state index in [9.17, 15) is 0 Å². The van der Waals surface area contributed by atoms with Crippen molar-refractivity contribution in [3.8, 4) is 11.5 Å². The van der Waals surface area contributed by atoms with Crippen LogP contribution in [0.25, 0.3) is 11.5 Å². The number of hydrogen-bond acceptors (Lipinski definition) is 3. The molecule has 2 N–H and O–H groups in total. The fourth-order valence-corrected chi connectivity index (χ4v) is 1.39. The molecular formula is C11H15N3O. The number of nitrogens with one attached hydrogen (secondary N) is 2. The first-order valence-electron chi connectivity index (χ1n) is 5.07. The molecule has 2 aromatic rings. The summed E-state index contributed by atoms with van der Waals surface area (Å²) in [5.41, 5.74) is 2.08. The van der Waals surface area contributed by atoms with Crippen molar-refractivity contribution in [2.75, 3.05) is 0 Å². The van der Waals surface area contributed by atoms with Crippen LogP contribution in [0.1, 0.15) is 19.4 Å². The molecule has 0 spiro atoms. The standard InChI is InChI=1S/C11H15N3O/c1-8(2)12-6-9-7-13-14-11(9)10-4-3-5-15-10/h3-5,7-8,12H,6H2,1-2H3,(H,13,14). The van der Waals surface area contributed by atoms with Gasteiger partial charge in [-0.05, 0) is 12.1 Å². The van der Waals surface area contributed by atoms with Gasteiger partial charge in [0.1, 0.15) is 5.69 Å². The maximum absolute atomic E-state index is 5.33. The van der Waals surface area contributed by atoms with Gasteiger partial charge >= 0.3 is 0 Å². The van der Waals surface area contributed by atoms with Gasteiger partial charge in [-0.1, -0.05) is 13.8 Å². The van der Waals surface area contributed by atoms with Crippen molar-refractivity contribution in [2.45, 2.75) is 26.4 Å². The zero-order valence-electron chi connectivity index (χ0n) is 8.95. The van der Waals surface area contributed by atoms with Crippen LogP contribution in [0.4, 0.5) is 0 Å². The second kappa shape index (κ2) is 4.31. The Labute approximate surface area is 88.7 Å². The van der Waals surface area contributed by atoms with E-state index in [1.54, 1.807) is 6.26 Å². The molecule has 2 rings (SSSR count). The second-order valence-electron chi connectivity index (χ2n) is 3.78. The summed E-state index contributed by atoms with van der Waals surface area (Å²) in [4.78, 5) is 0. The molecule has 0 saturated carbocycles. The molecule has 15 heavy (non-hydrogen) atoms. The lowest BCUT2D eigenvalue weighted by molar-refractivity contribution is 0.572. The van der Waals surface area contributed by atoms with Crippen LogP contribution in [-0.4, -0.2) is 16.2 Å². The van der Waals surface area contributed by atoms with Gasteiger partial charge in [0.15, 0.2) is 5.76 Å². The Kier molecular flexibility index (Phi) is 2.87. The second-order valence-corrected chi connectivity index (χ2v) is 3.78. The molecule has 0 aliphatic carbocycles. The van der Waals surface area contributed by atoms with Crippen molar-refractivity contribution in [3.05, 3.63) is 30.2 Å². The minimum atomic E-state index is 0.462. The molecule has 0 fully saturated rings. The average molecular weight is 205 g/mol. The maximum Gasteiger partial charge on any atom is 0.151 e. The number of aromatic amines is 1. The molecule has 4 nitrogen and oxygen atoms in total. The SMILES string of the molecule is CC(C)NCc1cn[nH]c1-c1ccco1. The van der Waals surface area contributed by atoms with Gasteiger partial charge < -0.3 is 9.73 Å². The first kappa shape index (κ1) is 9.98. The van der Waals surface area contributed by atoms with Gasteiger partial charge in [0, 0.05) is 18.2 Å². The van der Waals surface area contributed by atoms with E-state index in [0.29, 0.717) is 6.04 Å². The van der Waals surface area contributed by atoms with Crippen LogP contribution in [0, 0.1) is 0 Å². The summed E-state index contributed by atoms with van der Waals surface area (Å²) in [6.45, 7) is 5.03. The fourth-order valence-electron chi connectivity index (χ4n) is 1.39. The molecule has 0 aromatic carbocycles. The number of H-pyrrole nitrogens is 1. The predicted molar refractivity (Wildman–Crippen MR) is 58.3 cm³/mol. The van der Waals surface area contributed by atoms with Gasteiger partial charge in [-0.2, -0.15) is 5.10 Å². The van der Waals surface area contributed by atoms with Crippen LogP contribution >= 0.6 is 0 Å². The van der Waals surface area contributed by atoms with Crippen LogP contribution in [0.5, 0.6) is 0 Å². The number of rotatable bonds is 4. The fraction of sp³-hybridized carbons (Fsp3) is 0.364. The van der Waals surface area contributed by atoms with Crippen molar-refractivity contribution < 1.29 is 4.42 Å². The zero-order chi connectivity index (χ0) is 10.7. The lowest BCUT2D eigenvalue weighted by Crippen LogP contribution is -2.21. The molecule has 2 heterocycles. The first-order chi connectivity index (χ1) is 7.27. The smallest absolute Gasteiger partial charge is 0.151 e. The Morgan fingerprint density at radius 2 is 2.40 bits per heavy atom. The monoisotopic (exact) mass is 205 g/mol. The van der Waals surface area contributed by atoms with Gasteiger partial charge in [0.2, 0.25) is 0 Å². The Morgan fingerprint density at radius 1 is 1.53 bits per heavy atom. The minimum absolute atomic E-state index is 0.462. The third kappa shape index (κ3) is 2.27. The summed E-state index contributed by atoms with van der Waals surface area (Å²) < 4.78 is 5.33. The van der Waals surface area contributed by atoms with Crippen molar-refractivity contribution >= 4 is 0 Å². The third-order valence-electron chi connectivity index (χ3n) is 2.19. The third-order valence-corrected chi connectivity index (χ3v) is 2.19. The quantitative estimate of drug-likeness (QED) is 0.804. The highest BCUT2D eigenvalue weighted by Crippen LogP contribution is 2.21. The van der Waals surface area contributed by atoms with Crippen LogP contribution in [-0.2, 0) is 6.54 Å². The van der Waals surface area contributed by atoms with E-state index in [2.05, 4.69) is 29.4 Å². The van der Waals surface area contributed by atoms with E-state index in [1.165, 1.54) is 0 Å². The largest absolute Gasteiger partial charge is 0.463 e. The maximum atomic E-state index is 5.33. The molecule has 4 heteroatoms. The van der Waals surface area contributed by atoms with Gasteiger partial charge in [-0.15, -0.1) is 0 Å². The average Bonchev–Trinajstić information content (AvgIpc) is 2.85. The summed E-state index contributed by atoms with van der Waals surface area (Å²) >= 11 is 0. The molecule has 0 saturated heterocycles. The van der Waals surface area contributed by atoms with E-state index in [0.717, 1.165) is 23.6 Å². The Hall–Kier alpha value is -1.55. The van der Waals surface area contributed by atoms with E-state index in [-0.39, 0.29) is 0 Å². The lowest BCUT2D eigenvalue weighted by atomic mass is 10.2. The van der Waals surface area contributed by atoms with E-state index >= 15 is 0 Å². The van der Waals surface area contributed by atoms with E-state index in [4.69, 9.17) is 4.42 Å². The summed E-state index contributed by atoms with van der Waals surface area (Å²) in [5, 5.41) is 10.3. The predicted octanol–water partition coefficient (Wildman–Crippen LogP) is 2.17. The summed E-state index contributed by atoms with van der Waals surface area (Å²) in [7, 11) is 0. The number of hydrogen-bond donors (Lipinski definition) is 2. The van der Waals surface area contributed by atoms with E-state index < -0.39 is 0 Å². The molecule has 0 aliphatic heterocycles. The van der Waals surface area contributed by atoms with Crippen LogP contribution < -0.4 is 5.32 Å².